The number of thiophene rings is 1. The van der Waals surface area contributed by atoms with Crippen LogP contribution in [0.25, 0.3) is 54.1 Å². The van der Waals surface area contributed by atoms with Gasteiger partial charge in [-0.25, -0.2) is 0 Å². The third-order valence-corrected chi connectivity index (χ3v) is 6.72. The first-order valence-corrected chi connectivity index (χ1v) is 10.5. The summed E-state index contributed by atoms with van der Waals surface area (Å²) in [5.41, 5.74) is 2.80. The summed E-state index contributed by atoms with van der Waals surface area (Å²) in [7, 11) is 0. The molecule has 1 aromatic heterocycles. The molecule has 5 aromatic carbocycles. The van der Waals surface area contributed by atoms with Crippen LogP contribution < -0.4 is 0 Å². The second-order valence-electron chi connectivity index (χ2n) is 7.33. The minimum atomic E-state index is 0.706. The summed E-state index contributed by atoms with van der Waals surface area (Å²) >= 11 is 1.69. The van der Waals surface area contributed by atoms with Gasteiger partial charge in [0.15, 0.2) is 0 Å². The van der Waals surface area contributed by atoms with Crippen LogP contribution in [0.1, 0.15) is 11.1 Å². The maximum absolute atomic E-state index is 9.95. The van der Waals surface area contributed by atoms with Crippen molar-refractivity contribution in [1.29, 1.82) is 5.26 Å². The molecule has 0 radical (unpaired) electrons. The van der Waals surface area contributed by atoms with Crippen molar-refractivity contribution < 1.29 is 0 Å². The molecule has 0 aliphatic heterocycles. The van der Waals surface area contributed by atoms with Gasteiger partial charge in [-0.3, -0.25) is 0 Å². The van der Waals surface area contributed by atoms with Gasteiger partial charge in [0.2, 0.25) is 0 Å². The highest BCUT2D eigenvalue weighted by molar-refractivity contribution is 7.17. The Balaban J connectivity index is 1.65. The number of hydrogen-bond donors (Lipinski definition) is 0. The fraction of sp³-hybridized carbons (Fsp3) is 0. The standard InChI is InChI=1S/C27H15NS/c28-15-21(24-16-29-25-7-2-1-6-23(24)25)14-20-11-10-19-9-8-17-4-3-5-18-12-13-22(20)27(19)26(17)18/h1-14,16H/b21-14+. The van der Waals surface area contributed by atoms with Crippen LogP contribution >= 0.6 is 11.3 Å². The van der Waals surface area contributed by atoms with Gasteiger partial charge in [0.05, 0.1) is 11.6 Å². The van der Waals surface area contributed by atoms with Crippen molar-refractivity contribution in [2.75, 3.05) is 0 Å². The molecule has 134 valence electrons. The van der Waals surface area contributed by atoms with E-state index < -0.39 is 0 Å². The molecule has 0 aliphatic rings. The lowest BCUT2D eigenvalue weighted by atomic mass is 9.91. The molecule has 6 aromatic rings. The van der Waals surface area contributed by atoms with E-state index in [0.717, 1.165) is 16.5 Å². The van der Waals surface area contributed by atoms with E-state index in [1.807, 2.05) is 18.2 Å². The summed E-state index contributed by atoms with van der Waals surface area (Å²) in [6.45, 7) is 0. The molecule has 1 nitrogen and oxygen atoms in total. The van der Waals surface area contributed by atoms with Crippen LogP contribution in [-0.4, -0.2) is 0 Å². The Hall–Kier alpha value is -3.67. The molecule has 0 N–H and O–H groups in total. The Morgan fingerprint density at radius 1 is 0.724 bits per heavy atom. The summed E-state index contributed by atoms with van der Waals surface area (Å²) in [6, 6.07) is 30.2. The van der Waals surface area contributed by atoms with Gasteiger partial charge in [-0.2, -0.15) is 5.26 Å². The minimum absolute atomic E-state index is 0.706. The van der Waals surface area contributed by atoms with Crippen molar-refractivity contribution >= 4 is 65.4 Å². The van der Waals surface area contributed by atoms with E-state index in [4.69, 9.17) is 0 Å². The fourth-order valence-corrected chi connectivity index (χ4v) is 5.36. The number of rotatable bonds is 2. The lowest BCUT2D eigenvalue weighted by Gasteiger charge is -2.12. The smallest absolute Gasteiger partial charge is 0.0998 e. The second-order valence-corrected chi connectivity index (χ2v) is 8.24. The third kappa shape index (κ3) is 2.38. The SMILES string of the molecule is N#C/C(=C\c1ccc2ccc3cccc4ccc1c2c34)c1csc2ccccc12. The summed E-state index contributed by atoms with van der Waals surface area (Å²) in [4.78, 5) is 0. The molecule has 0 aliphatic carbocycles. The molecule has 0 saturated heterocycles. The quantitative estimate of drug-likeness (QED) is 0.220. The molecule has 1 heterocycles. The van der Waals surface area contributed by atoms with E-state index in [1.165, 1.54) is 37.0 Å². The van der Waals surface area contributed by atoms with Crippen molar-refractivity contribution in [3.63, 3.8) is 0 Å². The number of allylic oxidation sites excluding steroid dienone is 1. The largest absolute Gasteiger partial charge is 0.192 e. The predicted octanol–water partition coefficient (Wildman–Crippen LogP) is 7.86. The summed E-state index contributed by atoms with van der Waals surface area (Å²) in [5.74, 6) is 0. The third-order valence-electron chi connectivity index (χ3n) is 5.75. The number of nitrogens with zero attached hydrogens (tertiary/aromatic N) is 1. The molecule has 2 heteroatoms. The van der Waals surface area contributed by atoms with Crippen molar-refractivity contribution in [1.82, 2.24) is 0 Å². The van der Waals surface area contributed by atoms with Gasteiger partial charge in [0.1, 0.15) is 0 Å². The van der Waals surface area contributed by atoms with E-state index in [-0.39, 0.29) is 0 Å². The van der Waals surface area contributed by atoms with Crippen molar-refractivity contribution in [3.8, 4) is 6.07 Å². The van der Waals surface area contributed by atoms with Crippen molar-refractivity contribution in [2.24, 2.45) is 0 Å². The average Bonchev–Trinajstić information content (AvgIpc) is 3.20. The van der Waals surface area contributed by atoms with Gasteiger partial charge in [-0.1, -0.05) is 72.8 Å². The molecule has 29 heavy (non-hydrogen) atoms. The zero-order chi connectivity index (χ0) is 19.4. The first-order chi connectivity index (χ1) is 14.3. The maximum Gasteiger partial charge on any atom is 0.0998 e. The highest BCUT2D eigenvalue weighted by atomic mass is 32.1. The Morgan fingerprint density at radius 2 is 1.45 bits per heavy atom. The minimum Gasteiger partial charge on any atom is -0.192 e. The fourth-order valence-electron chi connectivity index (χ4n) is 4.40. The van der Waals surface area contributed by atoms with Gasteiger partial charge >= 0.3 is 0 Å². The lowest BCUT2D eigenvalue weighted by molar-refractivity contribution is 1.54. The van der Waals surface area contributed by atoms with Crippen LogP contribution in [-0.2, 0) is 0 Å². The molecule has 0 atom stereocenters. The van der Waals surface area contributed by atoms with Crippen LogP contribution in [0.5, 0.6) is 0 Å². The van der Waals surface area contributed by atoms with E-state index in [1.54, 1.807) is 11.3 Å². The summed E-state index contributed by atoms with van der Waals surface area (Å²) < 4.78 is 1.21. The number of benzene rings is 5. The van der Waals surface area contributed by atoms with E-state index >= 15 is 0 Å². The van der Waals surface area contributed by atoms with Crippen LogP contribution in [0, 0.1) is 11.3 Å². The average molecular weight is 385 g/mol. The molecule has 0 bridgehead atoms. The molecular formula is C27H15NS. The zero-order valence-electron chi connectivity index (χ0n) is 15.5. The molecule has 0 unspecified atom stereocenters. The first kappa shape index (κ1) is 16.3. The van der Waals surface area contributed by atoms with E-state index in [2.05, 4.69) is 78.2 Å². The van der Waals surface area contributed by atoms with Gasteiger partial charge in [0.25, 0.3) is 0 Å². The van der Waals surface area contributed by atoms with Crippen LogP contribution in [0.4, 0.5) is 0 Å². The van der Waals surface area contributed by atoms with E-state index in [9.17, 15) is 5.26 Å². The summed E-state index contributed by atoms with van der Waals surface area (Å²) in [6.07, 6.45) is 2.04. The monoisotopic (exact) mass is 385 g/mol. The van der Waals surface area contributed by atoms with Gasteiger partial charge < -0.3 is 0 Å². The van der Waals surface area contributed by atoms with Crippen molar-refractivity contribution in [2.45, 2.75) is 0 Å². The van der Waals surface area contributed by atoms with Gasteiger partial charge in [-0.05, 0) is 50.0 Å². The highest BCUT2D eigenvalue weighted by Gasteiger charge is 2.12. The first-order valence-electron chi connectivity index (χ1n) is 9.58. The van der Waals surface area contributed by atoms with Crippen LogP contribution in [0.2, 0.25) is 0 Å². The lowest BCUT2D eigenvalue weighted by Crippen LogP contribution is -1.87. The number of nitriles is 1. The van der Waals surface area contributed by atoms with Crippen LogP contribution in [0.15, 0.2) is 84.2 Å². The molecule has 0 amide bonds. The topological polar surface area (TPSA) is 23.8 Å². The molecule has 0 fully saturated rings. The summed E-state index contributed by atoms with van der Waals surface area (Å²) in [5, 5.41) is 20.7. The number of hydrogen-bond acceptors (Lipinski definition) is 2. The Bertz CT molecular complexity index is 1600. The maximum atomic E-state index is 9.95. The zero-order valence-corrected chi connectivity index (χ0v) is 16.3. The molecule has 0 saturated carbocycles. The van der Waals surface area contributed by atoms with Crippen LogP contribution in [0.3, 0.4) is 0 Å². The number of fused-ring (bicyclic) bond motifs is 1. The van der Waals surface area contributed by atoms with E-state index in [0.29, 0.717) is 5.57 Å². The molecule has 6 rings (SSSR count). The highest BCUT2D eigenvalue weighted by Crippen LogP contribution is 2.38. The normalized spacial score (nSPS) is 12.3. The second kappa shape index (κ2) is 6.17. The van der Waals surface area contributed by atoms with Gasteiger partial charge in [-0.15, -0.1) is 11.3 Å². The molecular weight excluding hydrogens is 370 g/mol. The Kier molecular flexibility index (Phi) is 3.47. The molecule has 0 spiro atoms. The Morgan fingerprint density at radius 3 is 2.28 bits per heavy atom. The Labute approximate surface area is 172 Å². The van der Waals surface area contributed by atoms with Crippen molar-refractivity contribution in [3.05, 3.63) is 95.4 Å². The van der Waals surface area contributed by atoms with Gasteiger partial charge in [0, 0.05) is 21.0 Å². The predicted molar refractivity (Wildman–Crippen MR) is 125 cm³/mol.